The van der Waals surface area contributed by atoms with Crippen molar-refractivity contribution in [2.24, 2.45) is 5.10 Å². The summed E-state index contributed by atoms with van der Waals surface area (Å²) in [5.41, 5.74) is 4.17. The molecule has 0 bridgehead atoms. The Bertz CT molecular complexity index is 1100. The molecular weight excluding hydrogens is 534 g/mol. The number of nitrogens with one attached hydrogen (secondary N) is 1. The normalized spacial score (nSPS) is 11.0. The van der Waals surface area contributed by atoms with Crippen LogP contribution < -0.4 is 10.2 Å². The molecule has 0 spiro atoms. The predicted octanol–water partition coefficient (Wildman–Crippen LogP) is 7.41. The van der Waals surface area contributed by atoms with Crippen LogP contribution in [0.2, 0.25) is 20.1 Å². The van der Waals surface area contributed by atoms with E-state index in [0.717, 1.165) is 5.56 Å². The van der Waals surface area contributed by atoms with Crippen LogP contribution in [-0.2, 0) is 6.61 Å². The Morgan fingerprint density at radius 1 is 1.00 bits per heavy atom. The van der Waals surface area contributed by atoms with Crippen molar-refractivity contribution in [3.63, 3.8) is 0 Å². The van der Waals surface area contributed by atoms with Crippen molar-refractivity contribution in [2.75, 3.05) is 0 Å². The van der Waals surface area contributed by atoms with Crippen LogP contribution >= 0.6 is 62.3 Å². The first-order valence-electron chi connectivity index (χ1n) is 8.49. The summed E-state index contributed by atoms with van der Waals surface area (Å²) in [5, 5.41) is 5.62. The number of benzene rings is 3. The van der Waals surface area contributed by atoms with E-state index >= 15 is 0 Å². The molecule has 1 amide bonds. The lowest BCUT2D eigenvalue weighted by Crippen LogP contribution is -2.18. The lowest BCUT2D eigenvalue weighted by atomic mass is 10.2. The van der Waals surface area contributed by atoms with Crippen molar-refractivity contribution >= 4 is 74.5 Å². The van der Waals surface area contributed by atoms with E-state index in [-0.39, 0.29) is 17.2 Å². The second-order valence-corrected chi connectivity index (χ2v) is 8.53. The van der Waals surface area contributed by atoms with Gasteiger partial charge < -0.3 is 4.74 Å². The van der Waals surface area contributed by atoms with Gasteiger partial charge in [0, 0.05) is 15.6 Å². The van der Waals surface area contributed by atoms with Crippen LogP contribution in [-0.4, -0.2) is 12.1 Å². The Balaban J connectivity index is 1.67. The first kappa shape index (κ1) is 22.9. The van der Waals surface area contributed by atoms with Crippen molar-refractivity contribution < 1.29 is 9.53 Å². The first-order valence-corrected chi connectivity index (χ1v) is 10.8. The fraction of sp³-hybridized carbons (Fsp3) is 0.0476. The van der Waals surface area contributed by atoms with Gasteiger partial charge in [0.15, 0.2) is 5.75 Å². The summed E-state index contributed by atoms with van der Waals surface area (Å²) in [6.07, 6.45) is 1.45. The summed E-state index contributed by atoms with van der Waals surface area (Å²) in [4.78, 5) is 12.2. The molecule has 9 heteroatoms. The van der Waals surface area contributed by atoms with E-state index in [2.05, 4.69) is 26.5 Å². The third-order valence-corrected chi connectivity index (χ3v) is 5.69. The number of rotatable bonds is 6. The summed E-state index contributed by atoms with van der Waals surface area (Å²) in [6.45, 7) is 0.267. The van der Waals surface area contributed by atoms with E-state index < -0.39 is 5.91 Å². The van der Waals surface area contributed by atoms with Crippen LogP contribution in [0.5, 0.6) is 5.75 Å². The fourth-order valence-electron chi connectivity index (χ4n) is 2.46. The Hall–Kier alpha value is -1.76. The highest BCUT2D eigenvalue weighted by Gasteiger charge is 2.12. The molecular formula is C21H13BrCl4N2O2. The van der Waals surface area contributed by atoms with E-state index in [4.69, 9.17) is 51.1 Å². The van der Waals surface area contributed by atoms with Crippen molar-refractivity contribution in [1.29, 1.82) is 0 Å². The van der Waals surface area contributed by atoms with Crippen LogP contribution in [0.15, 0.2) is 64.2 Å². The van der Waals surface area contributed by atoms with Gasteiger partial charge in [0.05, 0.1) is 26.3 Å². The number of carbonyl (C=O) groups excluding carboxylic acids is 1. The van der Waals surface area contributed by atoms with Crippen molar-refractivity contribution in [3.05, 3.63) is 95.9 Å². The number of hydrogen-bond acceptors (Lipinski definition) is 3. The third kappa shape index (κ3) is 5.90. The summed E-state index contributed by atoms with van der Waals surface area (Å²) in [5.74, 6) is 0.0171. The summed E-state index contributed by atoms with van der Waals surface area (Å²) >= 11 is 27.8. The Kier molecular flexibility index (Phi) is 8.03. The van der Waals surface area contributed by atoms with E-state index in [9.17, 15) is 4.79 Å². The maximum Gasteiger partial charge on any atom is 0.272 e. The van der Waals surface area contributed by atoms with Gasteiger partial charge in [-0.15, -0.1) is 0 Å². The van der Waals surface area contributed by atoms with Crippen molar-refractivity contribution in [1.82, 2.24) is 5.43 Å². The molecule has 0 aliphatic heterocycles. The van der Waals surface area contributed by atoms with Gasteiger partial charge in [0.1, 0.15) is 6.61 Å². The summed E-state index contributed by atoms with van der Waals surface area (Å²) in [6, 6.07) is 15.4. The zero-order valence-corrected chi connectivity index (χ0v) is 19.7. The minimum Gasteiger partial charge on any atom is -0.486 e. The maximum absolute atomic E-state index is 12.2. The minimum absolute atomic E-state index is 0.237. The zero-order chi connectivity index (χ0) is 21.7. The number of amides is 1. The standard InChI is InChI=1S/C21H13BrCl4N2O2/c22-16-7-12(10-27-28-21(29)15-6-5-14(23)9-18(15)25)8-19(26)20(16)30-11-13-3-1-2-4-17(13)24/h1-10H,11H2,(H,28,29)/b27-10-. The highest BCUT2D eigenvalue weighted by Crippen LogP contribution is 2.35. The quantitative estimate of drug-likeness (QED) is 0.258. The first-order chi connectivity index (χ1) is 14.3. The molecule has 0 saturated heterocycles. The van der Waals surface area contributed by atoms with Crippen molar-refractivity contribution in [2.45, 2.75) is 6.61 Å². The number of ether oxygens (including phenoxy) is 1. The van der Waals surface area contributed by atoms with Crippen LogP contribution in [0.4, 0.5) is 0 Å². The topological polar surface area (TPSA) is 50.7 Å². The molecule has 154 valence electrons. The molecule has 3 rings (SSSR count). The number of hydrogen-bond donors (Lipinski definition) is 1. The molecule has 0 aliphatic carbocycles. The van der Waals surface area contributed by atoms with E-state index in [1.54, 1.807) is 24.3 Å². The van der Waals surface area contributed by atoms with Gasteiger partial charge in [-0.25, -0.2) is 5.43 Å². The Labute approximate surface area is 201 Å². The molecule has 0 unspecified atom stereocenters. The molecule has 30 heavy (non-hydrogen) atoms. The molecule has 0 heterocycles. The van der Waals surface area contributed by atoms with Gasteiger partial charge in [-0.05, 0) is 57.9 Å². The summed E-state index contributed by atoms with van der Waals surface area (Å²) < 4.78 is 6.44. The van der Waals surface area contributed by atoms with Gasteiger partial charge in [-0.2, -0.15) is 5.10 Å². The van der Waals surface area contributed by atoms with E-state index in [1.807, 2.05) is 18.2 Å². The second kappa shape index (κ2) is 10.5. The van der Waals surface area contributed by atoms with Crippen LogP contribution in [0, 0.1) is 0 Å². The minimum atomic E-state index is -0.460. The lowest BCUT2D eigenvalue weighted by Gasteiger charge is -2.12. The van der Waals surface area contributed by atoms with E-state index in [0.29, 0.717) is 30.9 Å². The maximum atomic E-state index is 12.2. The number of halogens is 5. The molecule has 0 atom stereocenters. The highest BCUT2D eigenvalue weighted by atomic mass is 79.9. The van der Waals surface area contributed by atoms with E-state index in [1.165, 1.54) is 18.3 Å². The summed E-state index contributed by atoms with van der Waals surface area (Å²) in [7, 11) is 0. The SMILES string of the molecule is O=C(N/N=C\c1cc(Cl)c(OCc2ccccc2Cl)c(Br)c1)c1ccc(Cl)cc1Cl. The Morgan fingerprint density at radius 2 is 1.77 bits per heavy atom. The molecule has 0 aliphatic rings. The van der Waals surface area contributed by atoms with Crippen molar-refractivity contribution in [3.8, 4) is 5.75 Å². The number of carbonyl (C=O) groups is 1. The average molecular weight is 547 g/mol. The predicted molar refractivity (Wildman–Crippen MR) is 126 cm³/mol. The van der Waals surface area contributed by atoms with Gasteiger partial charge >= 0.3 is 0 Å². The molecule has 0 fully saturated rings. The second-order valence-electron chi connectivity index (χ2n) is 6.02. The highest BCUT2D eigenvalue weighted by molar-refractivity contribution is 9.10. The largest absolute Gasteiger partial charge is 0.486 e. The average Bonchev–Trinajstić information content (AvgIpc) is 2.68. The molecule has 0 aromatic heterocycles. The lowest BCUT2D eigenvalue weighted by molar-refractivity contribution is 0.0955. The molecule has 3 aromatic carbocycles. The molecule has 1 N–H and O–H groups in total. The third-order valence-electron chi connectivity index (χ3n) is 3.91. The van der Waals surface area contributed by atoms with Gasteiger partial charge in [0.2, 0.25) is 0 Å². The van der Waals surface area contributed by atoms with Gasteiger partial charge in [-0.1, -0.05) is 64.6 Å². The molecule has 0 saturated carbocycles. The zero-order valence-electron chi connectivity index (χ0n) is 15.1. The molecule has 4 nitrogen and oxygen atoms in total. The smallest absolute Gasteiger partial charge is 0.272 e. The molecule has 3 aromatic rings. The number of hydrazone groups is 1. The Morgan fingerprint density at radius 3 is 2.47 bits per heavy atom. The van der Waals surface area contributed by atoms with Crippen LogP contribution in [0.1, 0.15) is 21.5 Å². The van der Waals surface area contributed by atoms with Gasteiger partial charge in [0.25, 0.3) is 5.91 Å². The fourth-order valence-corrected chi connectivity index (χ4v) is 4.13. The monoisotopic (exact) mass is 544 g/mol. The van der Waals surface area contributed by atoms with Crippen LogP contribution in [0.25, 0.3) is 0 Å². The van der Waals surface area contributed by atoms with Crippen LogP contribution in [0.3, 0.4) is 0 Å². The molecule has 0 radical (unpaired) electrons. The number of nitrogens with zero attached hydrogens (tertiary/aromatic N) is 1. The van der Waals surface area contributed by atoms with Gasteiger partial charge in [-0.3, -0.25) is 4.79 Å².